The summed E-state index contributed by atoms with van der Waals surface area (Å²) in [7, 11) is 0. The van der Waals surface area contributed by atoms with E-state index in [0.29, 0.717) is 5.56 Å². The molecule has 0 heterocycles. The van der Waals surface area contributed by atoms with Crippen molar-refractivity contribution in [3.8, 4) is 0 Å². The fourth-order valence-corrected chi connectivity index (χ4v) is 1.50. The molecule has 2 nitrogen and oxygen atoms in total. The molecule has 0 aliphatic carbocycles. The molecule has 0 saturated heterocycles. The monoisotopic (exact) mass is 192 g/mol. The van der Waals surface area contributed by atoms with Crippen molar-refractivity contribution >= 4 is 6.29 Å². The Labute approximate surface area is 84.6 Å². The molecule has 0 radical (unpaired) electrons. The predicted molar refractivity (Wildman–Crippen MR) is 56.5 cm³/mol. The van der Waals surface area contributed by atoms with E-state index in [-0.39, 0.29) is 12.0 Å². The van der Waals surface area contributed by atoms with Crippen molar-refractivity contribution in [3.05, 3.63) is 34.9 Å². The molecule has 0 bridgehead atoms. The fourth-order valence-electron chi connectivity index (χ4n) is 1.50. The standard InChI is InChI=1S/C12H16O2/c1-12(2,3)11-6-9(7-13)4-5-10(11)8-14/h4-7,14H,8H2,1-3H3. The highest BCUT2D eigenvalue weighted by Gasteiger charge is 2.17. The van der Waals surface area contributed by atoms with E-state index in [2.05, 4.69) is 20.8 Å². The Hall–Kier alpha value is -1.15. The average molecular weight is 192 g/mol. The summed E-state index contributed by atoms with van der Waals surface area (Å²) in [5, 5.41) is 9.16. The lowest BCUT2D eigenvalue weighted by Gasteiger charge is -2.22. The highest BCUT2D eigenvalue weighted by molar-refractivity contribution is 5.75. The second kappa shape index (κ2) is 3.93. The van der Waals surface area contributed by atoms with E-state index in [9.17, 15) is 4.79 Å². The van der Waals surface area contributed by atoms with Crippen LogP contribution in [0, 0.1) is 0 Å². The molecule has 2 heteroatoms. The maximum absolute atomic E-state index is 10.6. The topological polar surface area (TPSA) is 37.3 Å². The summed E-state index contributed by atoms with van der Waals surface area (Å²) in [6.07, 6.45) is 0.830. The van der Waals surface area contributed by atoms with E-state index < -0.39 is 0 Å². The molecular weight excluding hydrogens is 176 g/mol. The van der Waals surface area contributed by atoms with Crippen LogP contribution in [0.5, 0.6) is 0 Å². The summed E-state index contributed by atoms with van der Waals surface area (Å²) in [6, 6.07) is 5.39. The van der Waals surface area contributed by atoms with Gasteiger partial charge in [0, 0.05) is 5.56 Å². The Bertz CT molecular complexity index is 335. The molecule has 0 atom stereocenters. The molecule has 0 aliphatic rings. The second-order valence-electron chi connectivity index (χ2n) is 4.44. The maximum Gasteiger partial charge on any atom is 0.150 e. The number of benzene rings is 1. The van der Waals surface area contributed by atoms with Gasteiger partial charge in [0.1, 0.15) is 6.29 Å². The van der Waals surface area contributed by atoms with E-state index in [1.54, 1.807) is 6.07 Å². The van der Waals surface area contributed by atoms with Crippen LogP contribution in [-0.4, -0.2) is 11.4 Å². The lowest BCUT2D eigenvalue weighted by Crippen LogP contribution is -2.14. The molecule has 1 aromatic rings. The van der Waals surface area contributed by atoms with Gasteiger partial charge >= 0.3 is 0 Å². The first-order chi connectivity index (χ1) is 6.49. The minimum atomic E-state index is -0.0446. The molecule has 14 heavy (non-hydrogen) atoms. The minimum Gasteiger partial charge on any atom is -0.392 e. The molecule has 0 aromatic heterocycles. The average Bonchev–Trinajstić information content (AvgIpc) is 2.15. The number of hydrogen-bond acceptors (Lipinski definition) is 2. The van der Waals surface area contributed by atoms with Gasteiger partial charge in [-0.25, -0.2) is 0 Å². The molecule has 0 fully saturated rings. The molecule has 0 saturated carbocycles. The van der Waals surface area contributed by atoms with Crippen LogP contribution >= 0.6 is 0 Å². The highest BCUT2D eigenvalue weighted by Crippen LogP contribution is 2.26. The van der Waals surface area contributed by atoms with Gasteiger partial charge in [0.25, 0.3) is 0 Å². The number of carbonyl (C=O) groups excluding carboxylic acids is 1. The van der Waals surface area contributed by atoms with Crippen molar-refractivity contribution in [2.45, 2.75) is 32.8 Å². The van der Waals surface area contributed by atoms with Crippen LogP contribution in [0.25, 0.3) is 0 Å². The molecule has 76 valence electrons. The van der Waals surface area contributed by atoms with Gasteiger partial charge in [0.2, 0.25) is 0 Å². The first-order valence-corrected chi connectivity index (χ1v) is 4.68. The lowest BCUT2D eigenvalue weighted by atomic mass is 9.83. The predicted octanol–water partition coefficient (Wildman–Crippen LogP) is 2.29. The number of rotatable bonds is 2. The summed E-state index contributed by atoms with van der Waals surface area (Å²) in [5.41, 5.74) is 2.54. The zero-order valence-electron chi connectivity index (χ0n) is 8.87. The number of aldehydes is 1. The number of aliphatic hydroxyl groups is 1. The zero-order valence-corrected chi connectivity index (χ0v) is 8.87. The molecular formula is C12H16O2. The van der Waals surface area contributed by atoms with Crippen molar-refractivity contribution in [2.75, 3.05) is 0 Å². The van der Waals surface area contributed by atoms with E-state index in [4.69, 9.17) is 5.11 Å². The van der Waals surface area contributed by atoms with Crippen LogP contribution in [0.2, 0.25) is 0 Å². The van der Waals surface area contributed by atoms with Crippen LogP contribution in [-0.2, 0) is 12.0 Å². The second-order valence-corrected chi connectivity index (χ2v) is 4.44. The van der Waals surface area contributed by atoms with Gasteiger partial charge in [0.15, 0.2) is 0 Å². The summed E-state index contributed by atoms with van der Waals surface area (Å²) in [5.74, 6) is 0. The van der Waals surface area contributed by atoms with Crippen molar-refractivity contribution in [3.63, 3.8) is 0 Å². The van der Waals surface area contributed by atoms with Gasteiger partial charge in [-0.15, -0.1) is 0 Å². The van der Waals surface area contributed by atoms with Gasteiger partial charge < -0.3 is 5.11 Å². The fraction of sp³-hybridized carbons (Fsp3) is 0.417. The van der Waals surface area contributed by atoms with Crippen LogP contribution in [0.4, 0.5) is 0 Å². The van der Waals surface area contributed by atoms with Crippen LogP contribution in [0.1, 0.15) is 42.3 Å². The van der Waals surface area contributed by atoms with Crippen molar-refractivity contribution in [2.24, 2.45) is 0 Å². The molecule has 0 spiro atoms. The zero-order chi connectivity index (χ0) is 10.8. The van der Waals surface area contributed by atoms with Gasteiger partial charge in [0.05, 0.1) is 6.61 Å². The largest absolute Gasteiger partial charge is 0.392 e. The SMILES string of the molecule is CC(C)(C)c1cc(C=O)ccc1CO. The molecule has 0 aliphatic heterocycles. The first kappa shape index (κ1) is 10.9. The van der Waals surface area contributed by atoms with E-state index >= 15 is 0 Å². The van der Waals surface area contributed by atoms with Crippen molar-refractivity contribution in [1.82, 2.24) is 0 Å². The van der Waals surface area contributed by atoms with Crippen LogP contribution < -0.4 is 0 Å². The van der Waals surface area contributed by atoms with Gasteiger partial charge in [-0.05, 0) is 22.6 Å². The van der Waals surface area contributed by atoms with Gasteiger partial charge in [-0.2, -0.15) is 0 Å². The molecule has 1 aromatic carbocycles. The molecule has 0 unspecified atom stereocenters. The minimum absolute atomic E-state index is 0.0196. The molecule has 0 amide bonds. The molecule has 1 rings (SSSR count). The van der Waals surface area contributed by atoms with E-state index in [1.165, 1.54) is 0 Å². The third-order valence-corrected chi connectivity index (χ3v) is 2.25. The van der Waals surface area contributed by atoms with Gasteiger partial charge in [-0.3, -0.25) is 4.79 Å². The van der Waals surface area contributed by atoms with Crippen molar-refractivity contribution in [1.29, 1.82) is 0 Å². The Morgan fingerprint density at radius 2 is 2.00 bits per heavy atom. The third-order valence-electron chi connectivity index (χ3n) is 2.25. The maximum atomic E-state index is 10.6. The Kier molecular flexibility index (Phi) is 3.06. The van der Waals surface area contributed by atoms with Gasteiger partial charge in [-0.1, -0.05) is 32.9 Å². The van der Waals surface area contributed by atoms with E-state index in [0.717, 1.165) is 17.4 Å². The summed E-state index contributed by atoms with van der Waals surface area (Å²) in [6.45, 7) is 6.22. The first-order valence-electron chi connectivity index (χ1n) is 4.68. The smallest absolute Gasteiger partial charge is 0.150 e. The highest BCUT2D eigenvalue weighted by atomic mass is 16.3. The normalized spacial score (nSPS) is 11.4. The van der Waals surface area contributed by atoms with Crippen molar-refractivity contribution < 1.29 is 9.90 Å². The Balaban J connectivity index is 3.29. The number of carbonyl (C=O) groups is 1. The third kappa shape index (κ3) is 2.20. The molecule has 1 N–H and O–H groups in total. The lowest BCUT2D eigenvalue weighted by molar-refractivity contribution is 0.112. The van der Waals surface area contributed by atoms with E-state index in [1.807, 2.05) is 12.1 Å². The number of hydrogen-bond donors (Lipinski definition) is 1. The summed E-state index contributed by atoms with van der Waals surface area (Å²) >= 11 is 0. The quantitative estimate of drug-likeness (QED) is 0.730. The van der Waals surface area contributed by atoms with Crippen LogP contribution in [0.3, 0.4) is 0 Å². The van der Waals surface area contributed by atoms with Crippen LogP contribution in [0.15, 0.2) is 18.2 Å². The number of aliphatic hydroxyl groups excluding tert-OH is 1. The summed E-state index contributed by atoms with van der Waals surface area (Å²) < 4.78 is 0. The Morgan fingerprint density at radius 1 is 1.36 bits per heavy atom. The Morgan fingerprint density at radius 3 is 2.43 bits per heavy atom. The summed E-state index contributed by atoms with van der Waals surface area (Å²) in [4.78, 5) is 10.6.